The number of phenols is 1. The first-order valence-corrected chi connectivity index (χ1v) is 13.1. The van der Waals surface area contributed by atoms with Crippen LogP contribution in [0.5, 0.6) is 5.75 Å². The zero-order valence-corrected chi connectivity index (χ0v) is 19.2. The molecule has 31 heavy (non-hydrogen) atoms. The van der Waals surface area contributed by atoms with Crippen molar-refractivity contribution >= 4 is 26.7 Å². The Morgan fingerprint density at radius 3 is 2.61 bits per heavy atom. The summed E-state index contributed by atoms with van der Waals surface area (Å²) in [4.78, 5) is 0. The predicted molar refractivity (Wildman–Crippen MR) is 127 cm³/mol. The lowest BCUT2D eigenvalue weighted by Crippen LogP contribution is -2.19. The van der Waals surface area contributed by atoms with Gasteiger partial charge in [0.15, 0.2) is 9.84 Å². The Morgan fingerprint density at radius 2 is 1.87 bits per heavy atom. The molecular weight excluding hydrogens is 408 g/mol. The second-order valence-corrected chi connectivity index (χ2v) is 10.9. The number of sulfone groups is 1. The summed E-state index contributed by atoms with van der Waals surface area (Å²) in [5.74, 6) is 0.519. The zero-order chi connectivity index (χ0) is 22.0. The first-order chi connectivity index (χ1) is 14.9. The van der Waals surface area contributed by atoms with Crippen molar-refractivity contribution in [3.8, 4) is 5.75 Å². The topological polar surface area (TPSA) is 63.6 Å². The van der Waals surface area contributed by atoms with Crippen molar-refractivity contribution in [2.45, 2.75) is 63.7 Å². The standard InChI is InChI=1S/C26H32O4S/c1-3-7-18(15-19-12-13-23(27)22-10-6-5-9-21(19)22)11-14-24-26-20(8-4-2)17-31(28,29)25(26)16-30-24/h5-6,9-10,12-13,15,24-25,27H,3-4,7-8,11,14,16-17H2,1-2H3/b18-15+/t24-,25+/m1/s1. The lowest BCUT2D eigenvalue weighted by atomic mass is 9.93. The molecule has 1 fully saturated rings. The van der Waals surface area contributed by atoms with E-state index in [9.17, 15) is 13.5 Å². The molecule has 0 radical (unpaired) electrons. The number of phenolic OH excluding ortho intramolecular Hbond substituents is 1. The van der Waals surface area contributed by atoms with Gasteiger partial charge >= 0.3 is 0 Å². The number of hydrogen-bond donors (Lipinski definition) is 1. The molecule has 5 heteroatoms. The van der Waals surface area contributed by atoms with Crippen molar-refractivity contribution in [3.63, 3.8) is 0 Å². The van der Waals surface area contributed by atoms with Crippen molar-refractivity contribution < 1.29 is 18.3 Å². The molecule has 2 atom stereocenters. The highest BCUT2D eigenvalue weighted by Crippen LogP contribution is 2.40. The second kappa shape index (κ2) is 9.17. The van der Waals surface area contributed by atoms with E-state index < -0.39 is 15.1 Å². The Labute approximate surface area is 185 Å². The van der Waals surface area contributed by atoms with Gasteiger partial charge in [-0.1, -0.05) is 74.2 Å². The van der Waals surface area contributed by atoms with Crippen LogP contribution in [-0.4, -0.2) is 37.2 Å². The van der Waals surface area contributed by atoms with Crippen LogP contribution in [0.3, 0.4) is 0 Å². The third kappa shape index (κ3) is 4.44. The van der Waals surface area contributed by atoms with Gasteiger partial charge in [-0.3, -0.25) is 0 Å². The molecule has 166 valence electrons. The number of rotatable bonds is 8. The molecule has 0 bridgehead atoms. The summed E-state index contributed by atoms with van der Waals surface area (Å²) in [5, 5.41) is 11.7. The molecule has 0 spiro atoms. The molecule has 1 N–H and O–H groups in total. The van der Waals surface area contributed by atoms with Gasteiger partial charge in [0.1, 0.15) is 11.0 Å². The monoisotopic (exact) mass is 440 g/mol. The van der Waals surface area contributed by atoms with Crippen molar-refractivity contribution in [1.29, 1.82) is 0 Å². The maximum Gasteiger partial charge on any atom is 0.163 e. The molecule has 0 aromatic heterocycles. The number of ether oxygens (including phenoxy) is 1. The average molecular weight is 441 g/mol. The third-order valence-electron chi connectivity index (χ3n) is 6.50. The van der Waals surface area contributed by atoms with E-state index in [4.69, 9.17) is 4.74 Å². The number of allylic oxidation sites excluding steroid dienone is 1. The van der Waals surface area contributed by atoms with E-state index in [-0.39, 0.29) is 11.9 Å². The maximum atomic E-state index is 12.6. The number of aromatic hydroxyl groups is 1. The Bertz CT molecular complexity index is 1130. The largest absolute Gasteiger partial charge is 0.507 e. The molecule has 0 amide bonds. The Balaban J connectivity index is 1.58. The van der Waals surface area contributed by atoms with Crippen molar-refractivity contribution in [2.24, 2.45) is 0 Å². The summed E-state index contributed by atoms with van der Waals surface area (Å²) < 4.78 is 31.1. The van der Waals surface area contributed by atoms with Gasteiger partial charge in [-0.2, -0.15) is 0 Å². The molecule has 0 unspecified atom stereocenters. The van der Waals surface area contributed by atoms with Crippen LogP contribution in [0.4, 0.5) is 0 Å². The van der Waals surface area contributed by atoms with Gasteiger partial charge in [0.25, 0.3) is 0 Å². The third-order valence-corrected chi connectivity index (χ3v) is 8.51. The average Bonchev–Trinajstić information content (AvgIpc) is 3.28. The maximum absolute atomic E-state index is 12.6. The minimum Gasteiger partial charge on any atom is -0.507 e. The van der Waals surface area contributed by atoms with E-state index in [1.54, 1.807) is 6.07 Å². The Morgan fingerprint density at radius 1 is 1.10 bits per heavy atom. The van der Waals surface area contributed by atoms with Crippen LogP contribution in [0.1, 0.15) is 57.9 Å². The number of fused-ring (bicyclic) bond motifs is 2. The zero-order valence-electron chi connectivity index (χ0n) is 18.4. The normalized spacial score (nSPS) is 23.0. The van der Waals surface area contributed by atoms with Gasteiger partial charge in [-0.25, -0.2) is 8.42 Å². The highest BCUT2D eigenvalue weighted by Gasteiger charge is 2.46. The van der Waals surface area contributed by atoms with Crippen LogP contribution in [0.15, 0.2) is 53.1 Å². The number of hydrogen-bond acceptors (Lipinski definition) is 4. The minimum absolute atomic E-state index is 0.0827. The summed E-state index contributed by atoms with van der Waals surface area (Å²) >= 11 is 0. The predicted octanol–water partition coefficient (Wildman–Crippen LogP) is 5.80. The fraction of sp³-hybridized carbons (Fsp3) is 0.462. The lowest BCUT2D eigenvalue weighted by Gasteiger charge is -2.15. The van der Waals surface area contributed by atoms with Crippen LogP contribution in [0.25, 0.3) is 16.8 Å². The smallest absolute Gasteiger partial charge is 0.163 e. The fourth-order valence-corrected chi connectivity index (χ4v) is 7.08. The highest BCUT2D eigenvalue weighted by molar-refractivity contribution is 7.92. The van der Waals surface area contributed by atoms with Gasteiger partial charge in [-0.15, -0.1) is 0 Å². The van der Waals surface area contributed by atoms with Gasteiger partial charge in [0.05, 0.1) is 18.5 Å². The molecule has 2 aliphatic rings. The first kappa shape index (κ1) is 22.1. The van der Waals surface area contributed by atoms with Crippen molar-refractivity contribution in [3.05, 3.63) is 58.7 Å². The Kier molecular flexibility index (Phi) is 6.54. The van der Waals surface area contributed by atoms with Crippen LogP contribution in [0, 0.1) is 0 Å². The van der Waals surface area contributed by atoms with Crippen LogP contribution in [-0.2, 0) is 14.6 Å². The molecule has 0 saturated carbocycles. The van der Waals surface area contributed by atoms with E-state index in [1.807, 2.05) is 30.3 Å². The van der Waals surface area contributed by atoms with Crippen molar-refractivity contribution in [1.82, 2.24) is 0 Å². The number of benzene rings is 2. The summed E-state index contributed by atoms with van der Waals surface area (Å²) in [6.45, 7) is 4.59. The first-order valence-electron chi connectivity index (χ1n) is 11.4. The van der Waals surface area contributed by atoms with Crippen LogP contribution >= 0.6 is 0 Å². The van der Waals surface area contributed by atoms with E-state index in [1.165, 1.54) is 5.57 Å². The second-order valence-electron chi connectivity index (χ2n) is 8.74. The molecule has 2 aromatic carbocycles. The van der Waals surface area contributed by atoms with E-state index in [2.05, 4.69) is 19.9 Å². The fourth-order valence-electron chi connectivity index (χ4n) is 5.09. The quantitative estimate of drug-likeness (QED) is 0.527. The van der Waals surface area contributed by atoms with Crippen LogP contribution in [0.2, 0.25) is 0 Å². The molecule has 2 heterocycles. The lowest BCUT2D eigenvalue weighted by molar-refractivity contribution is 0.117. The summed E-state index contributed by atoms with van der Waals surface area (Å²) in [7, 11) is -3.09. The van der Waals surface area contributed by atoms with Crippen LogP contribution < -0.4 is 0 Å². The van der Waals surface area contributed by atoms with E-state index in [0.29, 0.717) is 12.4 Å². The SMILES string of the molecule is CCCC1=C2[C@@H](CC/C(=C/c3ccc(O)c4ccccc34)CCC)OC[C@@H]2S(=O)(=O)C1. The molecule has 4 rings (SSSR count). The van der Waals surface area contributed by atoms with E-state index >= 15 is 0 Å². The summed E-state index contributed by atoms with van der Waals surface area (Å²) in [5.41, 5.74) is 4.61. The van der Waals surface area contributed by atoms with Gasteiger partial charge in [0, 0.05) is 5.39 Å². The highest BCUT2D eigenvalue weighted by atomic mass is 32.2. The summed E-state index contributed by atoms with van der Waals surface area (Å²) in [6, 6.07) is 11.6. The Hall–Kier alpha value is -2.11. The van der Waals surface area contributed by atoms with E-state index in [0.717, 1.165) is 66.0 Å². The van der Waals surface area contributed by atoms with Gasteiger partial charge in [-0.05, 0) is 48.3 Å². The van der Waals surface area contributed by atoms with Gasteiger partial charge in [0.2, 0.25) is 0 Å². The minimum atomic E-state index is -3.09. The molecular formula is C26H32O4S. The molecule has 0 aliphatic carbocycles. The molecule has 4 nitrogen and oxygen atoms in total. The molecule has 2 aliphatic heterocycles. The molecule has 1 saturated heterocycles. The summed E-state index contributed by atoms with van der Waals surface area (Å²) in [6.07, 6.45) is 7.70. The van der Waals surface area contributed by atoms with Gasteiger partial charge < -0.3 is 9.84 Å². The van der Waals surface area contributed by atoms with Crippen molar-refractivity contribution in [2.75, 3.05) is 12.4 Å². The molecule has 2 aromatic rings.